The molecule has 0 amide bonds. The van der Waals surface area contributed by atoms with Gasteiger partial charge in [0.25, 0.3) is 0 Å². The molecule has 5 heterocycles. The van der Waals surface area contributed by atoms with Crippen molar-refractivity contribution < 1.29 is 34.5 Å². The summed E-state index contributed by atoms with van der Waals surface area (Å²) in [7, 11) is 0. The molecule has 0 radical (unpaired) electrons. The van der Waals surface area contributed by atoms with Gasteiger partial charge in [0.1, 0.15) is 5.82 Å². The Kier molecular flexibility index (Phi) is 8.76. The average Bonchev–Trinajstić information content (AvgIpc) is 4.16. The maximum absolute atomic E-state index is 9.10. The number of para-hydroxylation sites is 6. The molecule has 0 aliphatic heterocycles. The first-order valence-corrected chi connectivity index (χ1v) is 22.6. The molecule has 8 heteroatoms. The van der Waals surface area contributed by atoms with E-state index in [-0.39, 0.29) is 21.1 Å². The number of hydrogen-bond acceptors (Lipinski definition) is 2. The Hall–Kier alpha value is -8.51. The van der Waals surface area contributed by atoms with Crippen LogP contribution in [0.25, 0.3) is 110 Å². The zero-order valence-corrected chi connectivity index (χ0v) is 38.9. The fourth-order valence-electron chi connectivity index (χ4n) is 10.5. The molecule has 14 rings (SSSR count). The Morgan fingerprint density at radius 1 is 0.493 bits per heavy atom. The van der Waals surface area contributed by atoms with Crippen LogP contribution in [0.4, 0.5) is 0 Å². The molecule has 0 saturated carbocycles. The second kappa shape index (κ2) is 16.1. The molecule has 9 aromatic carbocycles. The van der Waals surface area contributed by atoms with Crippen LogP contribution in [-0.4, -0.2) is 23.3 Å². The van der Waals surface area contributed by atoms with Crippen LogP contribution in [0.1, 0.15) is 4.11 Å². The van der Waals surface area contributed by atoms with Crippen molar-refractivity contribution in [2.24, 2.45) is 6.98 Å². The molecule has 69 heavy (non-hydrogen) atoms. The van der Waals surface area contributed by atoms with Crippen molar-refractivity contribution in [3.63, 3.8) is 0 Å². The standard InChI is InChI=1S/C61H38N6O.Pt/c1-63-39-64(41-19-15-20-42(37-41)68-43-32-33-48-46-23-7-12-29-54(46)67(57(48)38-43)58-31-13-14-36-62-58)56-30-16-25-50(60(56)63)59-55(66-52-27-10-5-21-44(52)45-22-6-11-28-53(45)66)35-34-49-47-24-8-9-26-51(47)65(61(49)59)40-17-3-2-4-18-40;/h2-36H,1H3;/q-2;/i1D3;. The van der Waals surface area contributed by atoms with Gasteiger partial charge < -0.3 is 27.6 Å². The fraction of sp³-hybridized carbons (Fsp3) is 0.0164. The molecule has 0 unspecified atom stereocenters. The number of rotatable bonds is 7. The van der Waals surface area contributed by atoms with Gasteiger partial charge in [-0.05, 0) is 65.5 Å². The van der Waals surface area contributed by atoms with E-state index in [0.717, 1.165) is 93.7 Å². The smallest absolute Gasteiger partial charge is 0.242 e. The summed E-state index contributed by atoms with van der Waals surface area (Å²) in [5.41, 5.74) is 11.1. The summed E-state index contributed by atoms with van der Waals surface area (Å²) in [5, 5.41) is 6.48. The first kappa shape index (κ1) is 37.6. The molecule has 7 nitrogen and oxygen atoms in total. The molecule has 0 spiro atoms. The second-order valence-corrected chi connectivity index (χ2v) is 17.0. The molecule has 0 saturated heterocycles. The number of aromatic nitrogens is 6. The third-order valence-electron chi connectivity index (χ3n) is 13.2. The Morgan fingerprint density at radius 3 is 1.80 bits per heavy atom. The van der Waals surface area contributed by atoms with Crippen molar-refractivity contribution in [2.75, 3.05) is 0 Å². The molecule has 330 valence electrons. The van der Waals surface area contributed by atoms with Gasteiger partial charge in [-0.25, -0.2) is 4.98 Å². The maximum Gasteiger partial charge on any atom is 0.242 e. The van der Waals surface area contributed by atoms with Gasteiger partial charge in [0.05, 0.1) is 49.9 Å². The minimum absolute atomic E-state index is 0. The first-order chi connectivity index (χ1) is 34.9. The van der Waals surface area contributed by atoms with Crippen molar-refractivity contribution in [3.8, 4) is 45.5 Å². The van der Waals surface area contributed by atoms with Crippen LogP contribution in [0, 0.1) is 18.5 Å². The van der Waals surface area contributed by atoms with Crippen LogP contribution in [-0.2, 0) is 28.0 Å². The number of hydrogen-bond donors (Lipinski definition) is 0. The van der Waals surface area contributed by atoms with E-state index in [4.69, 9.17) is 8.85 Å². The summed E-state index contributed by atoms with van der Waals surface area (Å²) in [6, 6.07) is 76.8. The van der Waals surface area contributed by atoms with Gasteiger partial charge in [-0.1, -0.05) is 133 Å². The minimum Gasteiger partial charge on any atom is -0.510 e. The van der Waals surface area contributed by atoms with Crippen molar-refractivity contribution in [1.82, 2.24) is 23.3 Å². The normalized spacial score (nSPS) is 12.6. The second-order valence-electron chi connectivity index (χ2n) is 17.0. The van der Waals surface area contributed by atoms with Gasteiger partial charge in [0.15, 0.2) is 0 Å². The number of pyridine rings is 1. The van der Waals surface area contributed by atoms with Crippen molar-refractivity contribution >= 4 is 76.5 Å². The van der Waals surface area contributed by atoms with Gasteiger partial charge in [0.2, 0.25) is 6.33 Å². The topological polar surface area (TPSA) is 45.7 Å². The number of imidazole rings is 1. The number of aryl methyl sites for hydroxylation is 1. The van der Waals surface area contributed by atoms with E-state index in [1.54, 1.807) is 10.8 Å². The maximum atomic E-state index is 9.10. The molecular formula is C61H38N6OPt-2. The van der Waals surface area contributed by atoms with Gasteiger partial charge in [0, 0.05) is 77.1 Å². The van der Waals surface area contributed by atoms with E-state index < -0.39 is 6.98 Å². The SMILES string of the molecule is [2H]C([2H])([2H])[n+]1[c-]n(-c2[c-]c(Oc3[c-]c4c(cc3)c3ccccc3n4-c3ccccn3)ccc2)c2cccc(-c3c(-n4c5ccccc5c5ccccc54)ccc4c5ccccc5n(-c5ccccc5)c34)c21.[Pt]. The molecule has 0 N–H and O–H groups in total. The molecule has 5 aromatic heterocycles. The number of ether oxygens (including phenoxy) is 1. The monoisotopic (exact) mass is 1070 g/mol. The summed E-state index contributed by atoms with van der Waals surface area (Å²) in [6.45, 7) is -2.63. The van der Waals surface area contributed by atoms with Gasteiger partial charge in [-0.2, -0.15) is 18.2 Å². The van der Waals surface area contributed by atoms with E-state index >= 15 is 0 Å². The Labute approximate surface area is 415 Å². The summed E-state index contributed by atoms with van der Waals surface area (Å²) < 4.78 is 43.7. The quantitative estimate of drug-likeness (QED) is 0.118. The largest absolute Gasteiger partial charge is 0.510 e. The Morgan fingerprint density at radius 2 is 1.09 bits per heavy atom. The van der Waals surface area contributed by atoms with E-state index in [9.17, 15) is 0 Å². The summed E-state index contributed by atoms with van der Waals surface area (Å²) in [5.74, 6) is 1.69. The minimum atomic E-state index is -2.63. The molecule has 0 atom stereocenters. The summed E-state index contributed by atoms with van der Waals surface area (Å²) >= 11 is 0. The molecule has 0 bridgehead atoms. The summed E-state index contributed by atoms with van der Waals surface area (Å²) in [4.78, 5) is 4.68. The van der Waals surface area contributed by atoms with Crippen LogP contribution in [0.3, 0.4) is 0 Å². The molecule has 14 aromatic rings. The average molecular weight is 1070 g/mol. The fourth-order valence-corrected chi connectivity index (χ4v) is 10.5. The van der Waals surface area contributed by atoms with Gasteiger partial charge in [-0.15, -0.1) is 29.7 Å². The Bertz CT molecular complexity index is 4390. The van der Waals surface area contributed by atoms with E-state index in [1.807, 2.05) is 84.9 Å². The number of nitrogens with zero attached hydrogens (tertiary/aromatic N) is 6. The van der Waals surface area contributed by atoms with E-state index in [0.29, 0.717) is 28.2 Å². The van der Waals surface area contributed by atoms with Crippen LogP contribution < -0.4 is 9.30 Å². The van der Waals surface area contributed by atoms with E-state index in [1.165, 1.54) is 4.57 Å². The van der Waals surface area contributed by atoms with Crippen molar-refractivity contribution in [1.29, 1.82) is 0 Å². The predicted octanol–water partition coefficient (Wildman–Crippen LogP) is 14.0. The van der Waals surface area contributed by atoms with E-state index in [2.05, 4.69) is 158 Å². The third-order valence-corrected chi connectivity index (χ3v) is 13.2. The Balaban J connectivity index is 0.00000504. The molecule has 0 aliphatic carbocycles. The number of benzene rings is 9. The molecule has 0 aliphatic rings. The zero-order chi connectivity index (χ0) is 47.4. The third kappa shape index (κ3) is 6.24. The van der Waals surface area contributed by atoms with Crippen LogP contribution in [0.2, 0.25) is 0 Å². The summed E-state index contributed by atoms with van der Waals surface area (Å²) in [6.07, 6.45) is 5.08. The van der Waals surface area contributed by atoms with Gasteiger partial charge in [-0.3, -0.25) is 0 Å². The van der Waals surface area contributed by atoms with Crippen LogP contribution in [0.15, 0.2) is 212 Å². The van der Waals surface area contributed by atoms with Crippen LogP contribution >= 0.6 is 0 Å². The van der Waals surface area contributed by atoms with Crippen molar-refractivity contribution in [3.05, 3.63) is 231 Å². The van der Waals surface area contributed by atoms with Crippen LogP contribution in [0.5, 0.6) is 11.5 Å². The van der Waals surface area contributed by atoms with Crippen molar-refractivity contribution in [2.45, 2.75) is 0 Å². The molecule has 0 fully saturated rings. The van der Waals surface area contributed by atoms with Gasteiger partial charge >= 0.3 is 0 Å². The molecular weight excluding hydrogens is 1030 g/mol. The first-order valence-electron chi connectivity index (χ1n) is 24.1. The zero-order valence-electron chi connectivity index (χ0n) is 39.6. The number of fused-ring (bicyclic) bond motifs is 10. The predicted molar refractivity (Wildman–Crippen MR) is 274 cm³/mol.